The second-order valence-electron chi connectivity index (χ2n) is 7.35. The van der Waals surface area contributed by atoms with Crippen molar-refractivity contribution >= 4 is 5.91 Å². The van der Waals surface area contributed by atoms with E-state index >= 15 is 0 Å². The summed E-state index contributed by atoms with van der Waals surface area (Å²) >= 11 is 0. The molecule has 0 aromatic heterocycles. The molecule has 2 saturated carbocycles. The third kappa shape index (κ3) is 2.74. The molecule has 2 bridgehead atoms. The Balaban J connectivity index is 1.41. The first-order valence-corrected chi connectivity index (χ1v) is 8.88. The summed E-state index contributed by atoms with van der Waals surface area (Å²) in [7, 11) is 0. The molecule has 3 aliphatic rings. The maximum Gasteiger partial charge on any atom is 0.220 e. The number of hydrogen-bond donors (Lipinski definition) is 2. The summed E-state index contributed by atoms with van der Waals surface area (Å²) in [6.45, 7) is 0.883. The zero-order chi connectivity index (χ0) is 15.8. The second kappa shape index (κ2) is 6.16. The molecule has 1 amide bonds. The Morgan fingerprint density at radius 1 is 1.22 bits per heavy atom. The van der Waals surface area contributed by atoms with Crippen molar-refractivity contribution in [3.05, 3.63) is 29.8 Å². The number of aliphatic hydroxyl groups excluding tert-OH is 1. The molecule has 1 heterocycles. The summed E-state index contributed by atoms with van der Waals surface area (Å²) in [5.41, 5.74) is 1.15. The highest BCUT2D eigenvalue weighted by Gasteiger charge is 2.47. The summed E-state index contributed by atoms with van der Waals surface area (Å²) < 4.78 is 5.68. The van der Waals surface area contributed by atoms with E-state index in [0.29, 0.717) is 24.9 Å². The fourth-order valence-corrected chi connectivity index (χ4v) is 4.99. The first-order chi connectivity index (χ1) is 11.3. The highest BCUT2D eigenvalue weighted by Crippen LogP contribution is 2.48. The lowest BCUT2D eigenvalue weighted by atomic mass is 9.84. The molecule has 0 spiro atoms. The molecule has 2 N–H and O–H groups in total. The number of nitrogens with one attached hydrogen (secondary N) is 1. The fraction of sp³-hybridized carbons (Fsp3) is 0.632. The minimum atomic E-state index is 0.128. The van der Waals surface area contributed by atoms with E-state index in [0.717, 1.165) is 17.7 Å². The predicted octanol–water partition coefficient (Wildman–Crippen LogP) is 2.47. The number of ether oxygens (including phenoxy) is 1. The average molecular weight is 315 g/mol. The molecule has 2 aliphatic carbocycles. The van der Waals surface area contributed by atoms with Gasteiger partial charge in [-0.1, -0.05) is 18.2 Å². The number of fused-ring (bicyclic) bond motifs is 3. The topological polar surface area (TPSA) is 58.6 Å². The van der Waals surface area contributed by atoms with Crippen molar-refractivity contribution in [3.8, 4) is 5.75 Å². The summed E-state index contributed by atoms with van der Waals surface area (Å²) in [4.78, 5) is 12.6. The summed E-state index contributed by atoms with van der Waals surface area (Å²) in [6, 6.07) is 8.22. The van der Waals surface area contributed by atoms with Gasteiger partial charge >= 0.3 is 0 Å². The number of carbonyl (C=O) groups is 1. The van der Waals surface area contributed by atoms with Crippen molar-refractivity contribution in [3.63, 3.8) is 0 Å². The molecule has 5 unspecified atom stereocenters. The Bertz CT molecular complexity index is 588. The van der Waals surface area contributed by atoms with Crippen LogP contribution in [0, 0.1) is 17.8 Å². The molecule has 4 heteroatoms. The SMILES string of the molecule is O=C(CC1CCOc2ccccc21)NC1C2CCC(C2)C1CO. The Labute approximate surface area is 137 Å². The highest BCUT2D eigenvalue weighted by molar-refractivity contribution is 5.77. The van der Waals surface area contributed by atoms with Crippen LogP contribution in [0.5, 0.6) is 5.75 Å². The number of hydrogen-bond acceptors (Lipinski definition) is 3. The van der Waals surface area contributed by atoms with E-state index in [9.17, 15) is 9.90 Å². The van der Waals surface area contributed by atoms with Crippen LogP contribution in [-0.4, -0.2) is 30.3 Å². The number of benzene rings is 1. The molecule has 23 heavy (non-hydrogen) atoms. The molecule has 0 radical (unpaired) electrons. The molecule has 5 atom stereocenters. The molecule has 4 nitrogen and oxygen atoms in total. The van der Waals surface area contributed by atoms with E-state index < -0.39 is 0 Å². The van der Waals surface area contributed by atoms with Crippen molar-refractivity contribution in [1.29, 1.82) is 0 Å². The zero-order valence-corrected chi connectivity index (χ0v) is 13.4. The van der Waals surface area contributed by atoms with Gasteiger partial charge in [0.15, 0.2) is 0 Å². The smallest absolute Gasteiger partial charge is 0.220 e. The first kappa shape index (κ1) is 15.0. The monoisotopic (exact) mass is 315 g/mol. The van der Waals surface area contributed by atoms with E-state index in [1.54, 1.807) is 0 Å². The van der Waals surface area contributed by atoms with E-state index in [4.69, 9.17) is 4.74 Å². The lowest BCUT2D eigenvalue weighted by molar-refractivity contribution is -0.123. The van der Waals surface area contributed by atoms with Gasteiger partial charge in [0.25, 0.3) is 0 Å². The fourth-order valence-electron chi connectivity index (χ4n) is 4.99. The van der Waals surface area contributed by atoms with Gasteiger partial charge in [-0.05, 0) is 55.1 Å². The van der Waals surface area contributed by atoms with Gasteiger partial charge in [-0.25, -0.2) is 0 Å². The number of carbonyl (C=O) groups excluding carboxylic acids is 1. The third-order valence-corrected chi connectivity index (χ3v) is 6.14. The first-order valence-electron chi connectivity index (χ1n) is 8.88. The van der Waals surface area contributed by atoms with Gasteiger partial charge in [0.2, 0.25) is 5.91 Å². The van der Waals surface area contributed by atoms with Crippen LogP contribution in [0.15, 0.2) is 24.3 Å². The summed E-state index contributed by atoms with van der Waals surface area (Å²) in [5, 5.41) is 12.9. The van der Waals surface area contributed by atoms with Crippen molar-refractivity contribution in [2.75, 3.05) is 13.2 Å². The van der Waals surface area contributed by atoms with Crippen molar-refractivity contribution in [1.82, 2.24) is 5.32 Å². The molecule has 2 fully saturated rings. The van der Waals surface area contributed by atoms with E-state index in [1.165, 1.54) is 19.3 Å². The standard InChI is InChI=1S/C19H25NO3/c21-11-16-12-5-6-14(9-12)19(16)20-18(22)10-13-7-8-23-17-4-2-1-3-15(13)17/h1-4,12-14,16,19,21H,5-11H2,(H,20,22). The molecule has 1 aromatic rings. The summed E-state index contributed by atoms with van der Waals surface area (Å²) in [5.74, 6) is 2.74. The van der Waals surface area contributed by atoms with E-state index in [1.807, 2.05) is 18.2 Å². The number of amides is 1. The van der Waals surface area contributed by atoms with Gasteiger partial charge in [0, 0.05) is 25.0 Å². The van der Waals surface area contributed by atoms with Gasteiger partial charge in [-0.15, -0.1) is 0 Å². The normalized spacial score (nSPS) is 34.7. The molecule has 1 aliphatic heterocycles. The van der Waals surface area contributed by atoms with Crippen LogP contribution in [-0.2, 0) is 4.79 Å². The van der Waals surface area contributed by atoms with Crippen LogP contribution in [0.2, 0.25) is 0 Å². The third-order valence-electron chi connectivity index (χ3n) is 6.14. The molecular formula is C19H25NO3. The quantitative estimate of drug-likeness (QED) is 0.897. The second-order valence-corrected chi connectivity index (χ2v) is 7.35. The summed E-state index contributed by atoms with van der Waals surface area (Å²) in [6.07, 6.45) is 5.01. The van der Waals surface area contributed by atoms with Crippen LogP contribution < -0.4 is 10.1 Å². The lowest BCUT2D eigenvalue weighted by Crippen LogP contribution is -2.45. The molecule has 124 valence electrons. The predicted molar refractivity (Wildman–Crippen MR) is 87.2 cm³/mol. The van der Waals surface area contributed by atoms with Gasteiger partial charge in [0.05, 0.1) is 6.61 Å². The zero-order valence-electron chi connectivity index (χ0n) is 13.4. The number of rotatable bonds is 4. The Morgan fingerprint density at radius 2 is 2.04 bits per heavy atom. The van der Waals surface area contributed by atoms with Gasteiger partial charge in [0.1, 0.15) is 5.75 Å². The number of para-hydroxylation sites is 1. The average Bonchev–Trinajstić information content (AvgIpc) is 3.16. The minimum Gasteiger partial charge on any atom is -0.493 e. The van der Waals surface area contributed by atoms with Crippen LogP contribution in [0.25, 0.3) is 0 Å². The molecule has 0 saturated heterocycles. The maximum atomic E-state index is 12.6. The Morgan fingerprint density at radius 3 is 2.91 bits per heavy atom. The Hall–Kier alpha value is -1.55. The van der Waals surface area contributed by atoms with Crippen LogP contribution in [0.1, 0.15) is 43.6 Å². The lowest BCUT2D eigenvalue weighted by Gasteiger charge is -2.31. The van der Waals surface area contributed by atoms with Crippen molar-refractivity contribution in [2.45, 2.75) is 44.1 Å². The van der Waals surface area contributed by atoms with Crippen LogP contribution >= 0.6 is 0 Å². The van der Waals surface area contributed by atoms with Gasteiger partial charge in [-0.2, -0.15) is 0 Å². The maximum absolute atomic E-state index is 12.6. The Kier molecular flexibility index (Phi) is 4.02. The van der Waals surface area contributed by atoms with Crippen molar-refractivity contribution < 1.29 is 14.6 Å². The van der Waals surface area contributed by atoms with E-state index in [-0.39, 0.29) is 30.4 Å². The molecular weight excluding hydrogens is 290 g/mol. The van der Waals surface area contributed by atoms with Crippen LogP contribution in [0.3, 0.4) is 0 Å². The van der Waals surface area contributed by atoms with Gasteiger partial charge in [-0.3, -0.25) is 4.79 Å². The highest BCUT2D eigenvalue weighted by atomic mass is 16.5. The molecule has 4 rings (SSSR count). The van der Waals surface area contributed by atoms with Crippen LogP contribution in [0.4, 0.5) is 0 Å². The van der Waals surface area contributed by atoms with E-state index in [2.05, 4.69) is 11.4 Å². The minimum absolute atomic E-state index is 0.128. The number of aliphatic hydroxyl groups is 1. The van der Waals surface area contributed by atoms with Crippen molar-refractivity contribution in [2.24, 2.45) is 17.8 Å². The van der Waals surface area contributed by atoms with Gasteiger partial charge < -0.3 is 15.2 Å². The molecule has 1 aromatic carbocycles. The largest absolute Gasteiger partial charge is 0.493 e.